The second-order valence-electron chi connectivity index (χ2n) is 2.27. The summed E-state index contributed by atoms with van der Waals surface area (Å²) >= 11 is 0. The maximum atomic E-state index is 5.48. The molecule has 1 rings (SSSR count). The summed E-state index contributed by atoms with van der Waals surface area (Å²) in [6, 6.07) is 7.28. The second kappa shape index (κ2) is 2.96. The Labute approximate surface area is 65.7 Å². The van der Waals surface area contributed by atoms with E-state index in [1.54, 1.807) is 12.1 Å². The molecule has 0 aromatic heterocycles. The van der Waals surface area contributed by atoms with E-state index >= 15 is 0 Å². The van der Waals surface area contributed by atoms with Gasteiger partial charge in [0.25, 0.3) is 0 Å². The smallest absolute Gasteiger partial charge is 0.0930 e. The van der Waals surface area contributed by atoms with Crippen LogP contribution in [0.2, 0.25) is 0 Å². The van der Waals surface area contributed by atoms with E-state index in [4.69, 9.17) is 11.5 Å². The van der Waals surface area contributed by atoms with Crippen molar-refractivity contribution in [3.63, 3.8) is 0 Å². The first-order valence-corrected chi connectivity index (χ1v) is 3.25. The molecule has 0 atom stereocenters. The molecule has 0 fully saturated rings. The van der Waals surface area contributed by atoms with Crippen LogP contribution in [-0.4, -0.2) is 0 Å². The van der Waals surface area contributed by atoms with Crippen LogP contribution in [0.25, 0.3) is 0 Å². The Morgan fingerprint density at radius 1 is 1.27 bits per heavy atom. The van der Waals surface area contributed by atoms with Crippen LogP contribution in [0.4, 0.5) is 11.4 Å². The van der Waals surface area contributed by atoms with Gasteiger partial charge in [-0.3, -0.25) is 0 Å². The fourth-order valence-electron chi connectivity index (χ4n) is 0.752. The van der Waals surface area contributed by atoms with Gasteiger partial charge in [-0.1, -0.05) is 6.58 Å². The zero-order valence-corrected chi connectivity index (χ0v) is 6.17. The predicted octanol–water partition coefficient (Wildman–Crippen LogP) is 1.11. The zero-order valence-electron chi connectivity index (χ0n) is 6.17. The minimum Gasteiger partial charge on any atom is -0.399 e. The quantitative estimate of drug-likeness (QED) is 0.552. The molecule has 0 saturated heterocycles. The minimum absolute atomic E-state index is 0.426. The van der Waals surface area contributed by atoms with Crippen LogP contribution in [0.15, 0.2) is 36.7 Å². The van der Waals surface area contributed by atoms with Crippen molar-refractivity contribution in [2.45, 2.75) is 0 Å². The third-order valence-electron chi connectivity index (χ3n) is 1.22. The average molecular weight is 149 g/mol. The summed E-state index contributed by atoms with van der Waals surface area (Å²) < 4.78 is 0. The summed E-state index contributed by atoms with van der Waals surface area (Å²) in [5.41, 5.74) is 12.4. The van der Waals surface area contributed by atoms with Gasteiger partial charge < -0.3 is 16.8 Å². The van der Waals surface area contributed by atoms with Crippen LogP contribution in [-0.2, 0) is 0 Å². The van der Waals surface area contributed by atoms with E-state index in [0.29, 0.717) is 5.82 Å². The van der Waals surface area contributed by atoms with Crippen LogP contribution < -0.4 is 16.8 Å². The Hall–Kier alpha value is -1.64. The van der Waals surface area contributed by atoms with Gasteiger partial charge in [0.05, 0.1) is 5.82 Å². The Morgan fingerprint density at radius 3 is 2.27 bits per heavy atom. The molecule has 0 aliphatic rings. The molecule has 1 aromatic rings. The molecule has 3 nitrogen and oxygen atoms in total. The van der Waals surface area contributed by atoms with Crippen molar-refractivity contribution < 1.29 is 0 Å². The lowest BCUT2D eigenvalue weighted by atomic mass is 10.3. The number of nitrogen functional groups attached to an aromatic ring is 1. The second-order valence-corrected chi connectivity index (χ2v) is 2.27. The zero-order chi connectivity index (χ0) is 8.27. The first-order valence-electron chi connectivity index (χ1n) is 3.25. The summed E-state index contributed by atoms with van der Waals surface area (Å²) in [5, 5.41) is 2.86. The van der Waals surface area contributed by atoms with Crippen molar-refractivity contribution in [2.75, 3.05) is 11.1 Å². The van der Waals surface area contributed by atoms with Gasteiger partial charge in [-0.15, -0.1) is 0 Å². The number of nitrogens with one attached hydrogen (secondary N) is 1. The van der Waals surface area contributed by atoms with Gasteiger partial charge in [0, 0.05) is 11.4 Å². The fourth-order valence-corrected chi connectivity index (χ4v) is 0.752. The van der Waals surface area contributed by atoms with Crippen molar-refractivity contribution >= 4 is 11.4 Å². The topological polar surface area (TPSA) is 64.1 Å². The van der Waals surface area contributed by atoms with Crippen molar-refractivity contribution in [2.24, 2.45) is 5.73 Å². The van der Waals surface area contributed by atoms with Gasteiger partial charge >= 0.3 is 0 Å². The molecule has 0 aliphatic heterocycles. The van der Waals surface area contributed by atoms with Gasteiger partial charge in [0.2, 0.25) is 0 Å². The standard InChI is InChI=1S/C8H11N3/c1-6(9)11-8-4-2-7(10)3-5-8/h2-5,11H,1,9-10H2. The predicted molar refractivity (Wildman–Crippen MR) is 47.8 cm³/mol. The van der Waals surface area contributed by atoms with Gasteiger partial charge in [-0.25, -0.2) is 0 Å². The molecular formula is C8H11N3. The largest absolute Gasteiger partial charge is 0.399 e. The minimum atomic E-state index is 0.426. The van der Waals surface area contributed by atoms with E-state index in [2.05, 4.69) is 11.9 Å². The van der Waals surface area contributed by atoms with Crippen molar-refractivity contribution in [3.8, 4) is 0 Å². The highest BCUT2D eigenvalue weighted by molar-refractivity contribution is 5.53. The van der Waals surface area contributed by atoms with Crippen LogP contribution in [0.3, 0.4) is 0 Å². The van der Waals surface area contributed by atoms with Crippen LogP contribution in [0, 0.1) is 0 Å². The summed E-state index contributed by atoms with van der Waals surface area (Å²) in [6.07, 6.45) is 0. The molecule has 5 N–H and O–H groups in total. The number of nitrogens with two attached hydrogens (primary N) is 2. The lowest BCUT2D eigenvalue weighted by Gasteiger charge is -2.03. The molecule has 11 heavy (non-hydrogen) atoms. The molecule has 0 bridgehead atoms. The molecule has 0 aliphatic carbocycles. The molecule has 0 saturated carbocycles. The molecule has 0 amide bonds. The average Bonchev–Trinajstić information content (AvgIpc) is 1.93. The third-order valence-corrected chi connectivity index (χ3v) is 1.22. The Morgan fingerprint density at radius 2 is 1.82 bits per heavy atom. The number of hydrogen-bond donors (Lipinski definition) is 3. The summed E-state index contributed by atoms with van der Waals surface area (Å²) in [5.74, 6) is 0.426. The number of anilines is 2. The molecular weight excluding hydrogens is 138 g/mol. The summed E-state index contributed by atoms with van der Waals surface area (Å²) in [4.78, 5) is 0. The van der Waals surface area contributed by atoms with Crippen LogP contribution >= 0.6 is 0 Å². The van der Waals surface area contributed by atoms with Gasteiger partial charge in [0.15, 0.2) is 0 Å². The van der Waals surface area contributed by atoms with Crippen LogP contribution in [0.5, 0.6) is 0 Å². The van der Waals surface area contributed by atoms with Gasteiger partial charge in [-0.2, -0.15) is 0 Å². The molecule has 0 unspecified atom stereocenters. The number of hydrogen-bond acceptors (Lipinski definition) is 3. The van der Waals surface area contributed by atoms with E-state index < -0.39 is 0 Å². The van der Waals surface area contributed by atoms with Crippen LogP contribution in [0.1, 0.15) is 0 Å². The Balaban J connectivity index is 2.74. The van der Waals surface area contributed by atoms with E-state index in [9.17, 15) is 0 Å². The van der Waals surface area contributed by atoms with E-state index in [1.165, 1.54) is 0 Å². The fraction of sp³-hybridized carbons (Fsp3) is 0. The highest BCUT2D eigenvalue weighted by Crippen LogP contribution is 2.10. The molecule has 0 spiro atoms. The summed E-state index contributed by atoms with van der Waals surface area (Å²) in [7, 11) is 0. The molecule has 1 aromatic carbocycles. The summed E-state index contributed by atoms with van der Waals surface area (Å²) in [6.45, 7) is 3.51. The maximum Gasteiger partial charge on any atom is 0.0930 e. The molecule has 0 radical (unpaired) electrons. The lowest BCUT2D eigenvalue weighted by molar-refractivity contribution is 1.33. The van der Waals surface area contributed by atoms with E-state index in [-0.39, 0.29) is 0 Å². The van der Waals surface area contributed by atoms with E-state index in [0.717, 1.165) is 11.4 Å². The first kappa shape index (κ1) is 7.47. The number of rotatable bonds is 2. The van der Waals surface area contributed by atoms with Crippen molar-refractivity contribution in [3.05, 3.63) is 36.7 Å². The van der Waals surface area contributed by atoms with E-state index in [1.807, 2.05) is 12.1 Å². The van der Waals surface area contributed by atoms with Gasteiger partial charge in [-0.05, 0) is 24.3 Å². The monoisotopic (exact) mass is 149 g/mol. The lowest BCUT2D eigenvalue weighted by Crippen LogP contribution is -2.06. The van der Waals surface area contributed by atoms with Crippen molar-refractivity contribution in [1.82, 2.24) is 0 Å². The third kappa shape index (κ3) is 2.21. The Bertz CT molecular complexity index is 251. The molecule has 0 heterocycles. The van der Waals surface area contributed by atoms with Crippen molar-refractivity contribution in [1.29, 1.82) is 0 Å². The normalized spacial score (nSPS) is 9.09. The SMILES string of the molecule is C=C(N)Nc1ccc(N)cc1. The highest BCUT2D eigenvalue weighted by atomic mass is 15.0. The van der Waals surface area contributed by atoms with Gasteiger partial charge in [0.1, 0.15) is 0 Å². The Kier molecular flexibility index (Phi) is 2.01. The maximum absolute atomic E-state index is 5.48. The molecule has 3 heteroatoms. The first-order chi connectivity index (χ1) is 5.18. The number of benzene rings is 1. The molecule has 58 valence electrons. The highest BCUT2D eigenvalue weighted by Gasteiger charge is 1.89.